The number of ether oxygens (including phenoxy) is 1. The Kier molecular flexibility index (Phi) is 5.55. The van der Waals surface area contributed by atoms with Crippen molar-refractivity contribution in [3.05, 3.63) is 12.2 Å². The van der Waals surface area contributed by atoms with Crippen LogP contribution in [0.15, 0.2) is 12.2 Å². The normalized spacial score (nSPS) is 53.6. The van der Waals surface area contributed by atoms with Crippen molar-refractivity contribution >= 4 is 5.97 Å². The summed E-state index contributed by atoms with van der Waals surface area (Å²) in [5.41, 5.74) is 1.78. The summed E-state index contributed by atoms with van der Waals surface area (Å²) in [5, 5.41) is 10.9. The number of fused-ring (bicyclic) bond motifs is 7. The van der Waals surface area contributed by atoms with E-state index in [1.165, 1.54) is 31.3 Å². The molecule has 0 aromatic rings. The van der Waals surface area contributed by atoms with Crippen LogP contribution in [0.4, 0.5) is 0 Å². The van der Waals surface area contributed by atoms with E-state index < -0.39 is 0 Å². The predicted molar refractivity (Wildman–Crippen MR) is 137 cm³/mol. The molecule has 5 rings (SSSR count). The topological polar surface area (TPSA) is 46.5 Å². The molecule has 0 aromatic heterocycles. The number of hydrogen-bond donors (Lipinski definition) is 1. The van der Waals surface area contributed by atoms with Crippen LogP contribution < -0.4 is 0 Å². The number of rotatable bonds is 2. The fourth-order valence-electron chi connectivity index (χ4n) is 11.7. The maximum Gasteiger partial charge on any atom is 0.312 e. The van der Waals surface area contributed by atoms with Gasteiger partial charge in [0.05, 0.1) is 18.6 Å². The number of aliphatic hydroxyl groups excluding tert-OH is 1. The van der Waals surface area contributed by atoms with Gasteiger partial charge in [0, 0.05) is 0 Å². The maximum absolute atomic E-state index is 13.3. The SMILES string of the molecule is C=C(C)[C@@H]1CC[C@]2(C(=O)OC)CC[C@@]3(C)[C@H](CC[C@H]4[C@@]5(C)CC[C@H](O)C(C)(C)[C@H]5CC[C@]43C)[C@H]12. The largest absolute Gasteiger partial charge is 0.469 e. The van der Waals surface area contributed by atoms with E-state index in [4.69, 9.17) is 4.74 Å². The molecular formula is C31H50O3. The minimum absolute atomic E-state index is 0.00478. The maximum atomic E-state index is 13.3. The van der Waals surface area contributed by atoms with Gasteiger partial charge >= 0.3 is 5.97 Å². The Morgan fingerprint density at radius 2 is 1.56 bits per heavy atom. The second kappa shape index (κ2) is 7.59. The Morgan fingerprint density at radius 1 is 0.853 bits per heavy atom. The van der Waals surface area contributed by atoms with Crippen molar-refractivity contribution in [2.45, 2.75) is 112 Å². The molecule has 1 N–H and O–H groups in total. The molecule has 0 amide bonds. The average Bonchev–Trinajstić information content (AvgIpc) is 3.18. The summed E-state index contributed by atoms with van der Waals surface area (Å²) < 4.78 is 5.49. The van der Waals surface area contributed by atoms with Crippen LogP contribution in [0.3, 0.4) is 0 Å². The smallest absolute Gasteiger partial charge is 0.312 e. The van der Waals surface area contributed by atoms with Crippen LogP contribution in [0, 0.1) is 56.7 Å². The van der Waals surface area contributed by atoms with E-state index in [0.29, 0.717) is 35.0 Å². The van der Waals surface area contributed by atoms with Gasteiger partial charge < -0.3 is 9.84 Å². The molecule has 0 saturated heterocycles. The number of aliphatic hydroxyl groups is 1. The van der Waals surface area contributed by atoms with Crippen LogP contribution in [-0.2, 0) is 9.53 Å². The first-order chi connectivity index (χ1) is 15.8. The van der Waals surface area contributed by atoms with Crippen LogP contribution in [0.2, 0.25) is 0 Å². The number of esters is 1. The van der Waals surface area contributed by atoms with E-state index in [1.807, 2.05) is 0 Å². The second-order valence-electron chi connectivity index (χ2n) is 14.7. The number of carbonyl (C=O) groups excluding carboxylic acids is 1. The highest BCUT2D eigenvalue weighted by Gasteiger charge is 2.72. The van der Waals surface area contributed by atoms with Crippen molar-refractivity contribution in [3.63, 3.8) is 0 Å². The molecule has 5 aliphatic carbocycles. The molecule has 0 unspecified atom stereocenters. The van der Waals surface area contributed by atoms with E-state index in [-0.39, 0.29) is 33.7 Å². The molecule has 0 bridgehead atoms. The molecule has 192 valence electrons. The highest BCUT2D eigenvalue weighted by molar-refractivity contribution is 5.78. The third kappa shape index (κ3) is 2.83. The minimum Gasteiger partial charge on any atom is -0.469 e. The lowest BCUT2D eigenvalue weighted by atomic mass is 9.32. The zero-order valence-electron chi connectivity index (χ0n) is 23.0. The number of carbonyl (C=O) groups is 1. The van der Waals surface area contributed by atoms with E-state index in [2.05, 4.69) is 48.1 Å². The number of methoxy groups -OCH3 is 1. The summed E-state index contributed by atoms with van der Waals surface area (Å²) in [7, 11) is 1.59. The molecule has 5 fully saturated rings. The summed E-state index contributed by atoms with van der Waals surface area (Å²) >= 11 is 0. The van der Waals surface area contributed by atoms with Gasteiger partial charge in [-0.25, -0.2) is 0 Å². The molecule has 0 heterocycles. The molecule has 0 aliphatic heterocycles. The Morgan fingerprint density at radius 3 is 2.21 bits per heavy atom. The van der Waals surface area contributed by atoms with Gasteiger partial charge in [0.2, 0.25) is 0 Å². The number of hydrogen-bond acceptors (Lipinski definition) is 3. The lowest BCUT2D eigenvalue weighted by molar-refractivity contribution is -0.248. The summed E-state index contributed by atoms with van der Waals surface area (Å²) in [4.78, 5) is 13.3. The van der Waals surface area contributed by atoms with Crippen molar-refractivity contribution < 1.29 is 14.6 Å². The Bertz CT molecular complexity index is 876. The fraction of sp³-hybridized carbons (Fsp3) is 0.903. The van der Waals surface area contributed by atoms with E-state index in [1.54, 1.807) is 7.11 Å². The standard InChI is InChI=1S/C31H50O3/c1-19(2)20-11-16-31(26(33)34-8)18-17-29(6)21(25(20)31)9-10-23-28(5)14-13-24(32)27(3,4)22(28)12-15-30(23,29)7/h20-25,32H,1,9-18H2,2-8H3/t20-,21+,22+,23-,24-,25-,28-,29-,30+,31-/m0/s1. The van der Waals surface area contributed by atoms with E-state index >= 15 is 0 Å². The van der Waals surface area contributed by atoms with Crippen LogP contribution in [0.25, 0.3) is 0 Å². The first-order valence-electron chi connectivity index (χ1n) is 14.2. The summed E-state index contributed by atoms with van der Waals surface area (Å²) in [5.74, 6) is 2.72. The predicted octanol–water partition coefficient (Wildman–Crippen LogP) is 7.18. The monoisotopic (exact) mass is 470 g/mol. The molecule has 34 heavy (non-hydrogen) atoms. The van der Waals surface area contributed by atoms with Crippen molar-refractivity contribution in [2.75, 3.05) is 7.11 Å². The molecule has 3 heteroatoms. The Balaban J connectivity index is 1.56. The summed E-state index contributed by atoms with van der Waals surface area (Å²) in [6.07, 6.45) is 11.1. The highest BCUT2D eigenvalue weighted by Crippen LogP contribution is 2.77. The molecule has 0 radical (unpaired) electrons. The molecule has 10 atom stereocenters. The van der Waals surface area contributed by atoms with E-state index in [9.17, 15) is 9.90 Å². The second-order valence-corrected chi connectivity index (χ2v) is 14.7. The Labute approximate surface area is 208 Å². The highest BCUT2D eigenvalue weighted by atomic mass is 16.5. The quantitative estimate of drug-likeness (QED) is 0.343. The third-order valence-electron chi connectivity index (χ3n) is 13.6. The van der Waals surface area contributed by atoms with Crippen LogP contribution in [0.5, 0.6) is 0 Å². The fourth-order valence-corrected chi connectivity index (χ4v) is 11.7. The molecule has 0 aromatic carbocycles. The molecular weight excluding hydrogens is 420 g/mol. The first kappa shape index (κ1) is 24.8. The van der Waals surface area contributed by atoms with Crippen molar-refractivity contribution in [1.29, 1.82) is 0 Å². The zero-order chi connectivity index (χ0) is 24.9. The van der Waals surface area contributed by atoms with Gasteiger partial charge in [-0.3, -0.25) is 4.79 Å². The minimum atomic E-state index is -0.302. The van der Waals surface area contributed by atoms with Crippen LogP contribution in [0.1, 0.15) is 106 Å². The van der Waals surface area contributed by atoms with Gasteiger partial charge in [-0.15, -0.1) is 0 Å². The summed E-state index contributed by atoms with van der Waals surface area (Å²) in [6.45, 7) is 19.1. The van der Waals surface area contributed by atoms with Gasteiger partial charge in [0.25, 0.3) is 0 Å². The number of allylic oxidation sites excluding steroid dienone is 1. The lowest BCUT2D eigenvalue weighted by Gasteiger charge is -2.72. The van der Waals surface area contributed by atoms with Gasteiger partial charge in [0.15, 0.2) is 0 Å². The van der Waals surface area contributed by atoms with Gasteiger partial charge in [0.1, 0.15) is 0 Å². The zero-order valence-corrected chi connectivity index (χ0v) is 23.0. The van der Waals surface area contributed by atoms with Crippen molar-refractivity contribution in [1.82, 2.24) is 0 Å². The van der Waals surface area contributed by atoms with Crippen molar-refractivity contribution in [3.8, 4) is 0 Å². The Hall–Kier alpha value is -0.830. The molecule has 5 saturated carbocycles. The van der Waals surface area contributed by atoms with E-state index in [0.717, 1.165) is 38.5 Å². The lowest BCUT2D eigenvalue weighted by Crippen LogP contribution is -2.67. The molecule has 5 aliphatic rings. The van der Waals surface area contributed by atoms with Gasteiger partial charge in [-0.05, 0) is 122 Å². The van der Waals surface area contributed by atoms with Crippen LogP contribution in [-0.4, -0.2) is 24.3 Å². The van der Waals surface area contributed by atoms with Gasteiger partial charge in [-0.1, -0.05) is 46.8 Å². The average molecular weight is 471 g/mol. The van der Waals surface area contributed by atoms with Gasteiger partial charge in [-0.2, -0.15) is 0 Å². The summed E-state index contributed by atoms with van der Waals surface area (Å²) in [6, 6.07) is 0. The van der Waals surface area contributed by atoms with Crippen molar-refractivity contribution in [2.24, 2.45) is 56.7 Å². The third-order valence-corrected chi connectivity index (χ3v) is 13.6. The molecule has 0 spiro atoms. The van der Waals surface area contributed by atoms with Crippen LogP contribution >= 0.6 is 0 Å². The first-order valence-corrected chi connectivity index (χ1v) is 14.2. The molecule has 3 nitrogen and oxygen atoms in total.